The molecule has 1 saturated heterocycles. The Morgan fingerprint density at radius 3 is 2.59 bits per heavy atom. The molecule has 3 amide bonds. The molecule has 1 fully saturated rings. The normalized spacial score (nSPS) is 21.7. The number of carbonyl (C=O) groups excluding carboxylic acids is 3. The summed E-state index contributed by atoms with van der Waals surface area (Å²) in [6, 6.07) is 6.87. The van der Waals surface area contributed by atoms with Gasteiger partial charge < -0.3 is 15.3 Å². The van der Waals surface area contributed by atoms with Gasteiger partial charge in [0.1, 0.15) is 12.2 Å². The van der Waals surface area contributed by atoms with Crippen LogP contribution < -0.4 is 10.2 Å². The fraction of sp³-hybridized carbons (Fsp3) is 0.474. The Labute approximate surface area is 157 Å². The van der Waals surface area contributed by atoms with E-state index in [0.29, 0.717) is 24.1 Å². The lowest BCUT2D eigenvalue weighted by Crippen LogP contribution is -2.64. The Kier molecular flexibility index (Phi) is 4.45. The molecule has 0 aromatic heterocycles. The number of para-hydroxylation sites is 1. The highest BCUT2D eigenvalue weighted by molar-refractivity contribution is 6.11. The first kappa shape index (κ1) is 18.9. The van der Waals surface area contributed by atoms with Gasteiger partial charge in [-0.2, -0.15) is 0 Å². The van der Waals surface area contributed by atoms with Crippen LogP contribution in [0.2, 0.25) is 0 Å². The van der Waals surface area contributed by atoms with E-state index in [4.69, 9.17) is 5.11 Å². The van der Waals surface area contributed by atoms with Crippen LogP contribution in [0.4, 0.5) is 5.69 Å². The van der Waals surface area contributed by atoms with E-state index in [2.05, 4.69) is 5.32 Å². The average molecular weight is 373 g/mol. The van der Waals surface area contributed by atoms with Crippen LogP contribution in [0.15, 0.2) is 24.3 Å². The Morgan fingerprint density at radius 1 is 1.26 bits per heavy atom. The number of hydrogen-bond acceptors (Lipinski definition) is 4. The van der Waals surface area contributed by atoms with Gasteiger partial charge in [-0.25, -0.2) is 0 Å². The number of benzene rings is 1. The molecule has 2 heterocycles. The zero-order valence-corrected chi connectivity index (χ0v) is 15.6. The minimum absolute atomic E-state index is 0.0564. The molecule has 1 aromatic carbocycles. The van der Waals surface area contributed by atoms with Crippen LogP contribution in [0.25, 0.3) is 0 Å². The SMILES string of the molecule is CC(C)(CNC(=O)CN1C(=O)c2ccccc2N2C(=O)CCC12C)C(=O)O. The smallest absolute Gasteiger partial charge is 0.310 e. The molecule has 144 valence electrons. The predicted octanol–water partition coefficient (Wildman–Crippen LogP) is 1.21. The lowest BCUT2D eigenvalue weighted by atomic mass is 9.94. The summed E-state index contributed by atoms with van der Waals surface area (Å²) in [5.41, 5.74) is -1.09. The second kappa shape index (κ2) is 6.37. The lowest BCUT2D eigenvalue weighted by Gasteiger charge is -2.48. The third-order valence-corrected chi connectivity index (χ3v) is 5.35. The van der Waals surface area contributed by atoms with Crippen molar-refractivity contribution in [3.63, 3.8) is 0 Å². The molecule has 8 heteroatoms. The molecule has 0 aliphatic carbocycles. The van der Waals surface area contributed by atoms with E-state index in [1.807, 2.05) is 0 Å². The van der Waals surface area contributed by atoms with Gasteiger partial charge in [0.2, 0.25) is 11.8 Å². The average Bonchev–Trinajstić information content (AvgIpc) is 2.92. The summed E-state index contributed by atoms with van der Waals surface area (Å²) in [5.74, 6) is -1.88. The predicted molar refractivity (Wildman–Crippen MR) is 97.0 cm³/mol. The van der Waals surface area contributed by atoms with Crippen molar-refractivity contribution in [2.75, 3.05) is 18.0 Å². The van der Waals surface area contributed by atoms with Crippen molar-refractivity contribution >= 4 is 29.4 Å². The Balaban J connectivity index is 1.85. The van der Waals surface area contributed by atoms with Gasteiger partial charge in [-0.05, 0) is 39.3 Å². The topological polar surface area (TPSA) is 107 Å². The van der Waals surface area contributed by atoms with Crippen molar-refractivity contribution in [3.8, 4) is 0 Å². The van der Waals surface area contributed by atoms with Gasteiger partial charge in [-0.3, -0.25) is 24.1 Å². The summed E-state index contributed by atoms with van der Waals surface area (Å²) in [7, 11) is 0. The number of rotatable bonds is 5. The van der Waals surface area contributed by atoms with Crippen LogP contribution in [-0.4, -0.2) is 52.4 Å². The first-order valence-corrected chi connectivity index (χ1v) is 8.82. The maximum absolute atomic E-state index is 13.0. The van der Waals surface area contributed by atoms with Crippen molar-refractivity contribution in [2.45, 2.75) is 39.3 Å². The summed E-state index contributed by atoms with van der Waals surface area (Å²) in [6.07, 6.45) is 0.724. The molecule has 0 saturated carbocycles. The van der Waals surface area contributed by atoms with E-state index in [0.717, 1.165) is 0 Å². The van der Waals surface area contributed by atoms with Crippen LogP contribution >= 0.6 is 0 Å². The van der Waals surface area contributed by atoms with Crippen molar-refractivity contribution in [2.24, 2.45) is 5.41 Å². The van der Waals surface area contributed by atoms with Crippen molar-refractivity contribution in [1.82, 2.24) is 10.2 Å². The minimum atomic E-state index is -1.12. The number of nitrogens with zero attached hydrogens (tertiary/aromatic N) is 2. The molecule has 27 heavy (non-hydrogen) atoms. The summed E-state index contributed by atoms with van der Waals surface area (Å²) < 4.78 is 0. The number of fused-ring (bicyclic) bond motifs is 3. The highest BCUT2D eigenvalue weighted by Crippen LogP contribution is 2.43. The molecule has 8 nitrogen and oxygen atoms in total. The van der Waals surface area contributed by atoms with Crippen molar-refractivity contribution < 1.29 is 24.3 Å². The molecule has 2 N–H and O–H groups in total. The largest absolute Gasteiger partial charge is 0.481 e. The molecule has 1 atom stereocenters. The zero-order chi connectivity index (χ0) is 20.0. The van der Waals surface area contributed by atoms with Crippen LogP contribution in [-0.2, 0) is 14.4 Å². The van der Waals surface area contributed by atoms with Gasteiger partial charge in [-0.1, -0.05) is 12.1 Å². The van der Waals surface area contributed by atoms with Gasteiger partial charge in [0.15, 0.2) is 0 Å². The number of carbonyl (C=O) groups is 4. The van der Waals surface area contributed by atoms with Crippen LogP contribution in [0.3, 0.4) is 0 Å². The second-order valence-corrected chi connectivity index (χ2v) is 7.82. The van der Waals surface area contributed by atoms with E-state index in [1.165, 1.54) is 18.7 Å². The van der Waals surface area contributed by atoms with E-state index in [9.17, 15) is 19.2 Å². The highest BCUT2D eigenvalue weighted by Gasteiger charge is 2.53. The summed E-state index contributed by atoms with van der Waals surface area (Å²) in [5, 5.41) is 11.7. The molecular formula is C19H23N3O5. The molecular weight excluding hydrogens is 350 g/mol. The lowest BCUT2D eigenvalue weighted by molar-refractivity contribution is -0.146. The molecule has 3 rings (SSSR count). The van der Waals surface area contributed by atoms with Gasteiger partial charge in [0.05, 0.1) is 16.7 Å². The highest BCUT2D eigenvalue weighted by atomic mass is 16.4. The molecule has 0 radical (unpaired) electrons. The van der Waals surface area contributed by atoms with Crippen LogP contribution in [0.1, 0.15) is 44.0 Å². The number of nitrogens with one attached hydrogen (secondary N) is 1. The molecule has 1 unspecified atom stereocenters. The van der Waals surface area contributed by atoms with Gasteiger partial charge in [-0.15, -0.1) is 0 Å². The number of carboxylic acids is 1. The van der Waals surface area contributed by atoms with Gasteiger partial charge >= 0.3 is 5.97 Å². The Hall–Kier alpha value is -2.90. The molecule has 2 aliphatic heterocycles. The molecule has 0 spiro atoms. The number of amides is 3. The monoisotopic (exact) mass is 373 g/mol. The van der Waals surface area contributed by atoms with E-state index in [-0.39, 0.29) is 24.9 Å². The molecule has 1 aromatic rings. The summed E-state index contributed by atoms with van der Waals surface area (Å²) in [4.78, 5) is 52.1. The number of anilines is 1. The maximum atomic E-state index is 13.0. The standard InChI is InChI=1S/C19H23N3O5/c1-18(2,17(26)27)11-20-14(23)10-21-16(25)12-6-4-5-7-13(12)22-15(24)8-9-19(21,22)3/h4-7H,8-11H2,1-3H3,(H,20,23)(H,26,27). The third-order valence-electron chi connectivity index (χ3n) is 5.35. The van der Waals surface area contributed by atoms with Gasteiger partial charge in [0, 0.05) is 13.0 Å². The molecule has 2 aliphatic rings. The summed E-state index contributed by atoms with van der Waals surface area (Å²) >= 11 is 0. The Bertz CT molecular complexity index is 834. The van der Waals surface area contributed by atoms with Crippen LogP contribution in [0, 0.1) is 5.41 Å². The quantitative estimate of drug-likeness (QED) is 0.807. The number of carboxylic acid groups (broad SMARTS) is 1. The van der Waals surface area contributed by atoms with Gasteiger partial charge in [0.25, 0.3) is 5.91 Å². The fourth-order valence-corrected chi connectivity index (χ4v) is 3.54. The van der Waals surface area contributed by atoms with E-state index in [1.54, 1.807) is 36.1 Å². The fourth-order valence-electron chi connectivity index (χ4n) is 3.54. The van der Waals surface area contributed by atoms with Crippen molar-refractivity contribution in [3.05, 3.63) is 29.8 Å². The van der Waals surface area contributed by atoms with E-state index >= 15 is 0 Å². The summed E-state index contributed by atoms with van der Waals surface area (Å²) in [6.45, 7) is 4.50. The maximum Gasteiger partial charge on any atom is 0.310 e. The first-order valence-electron chi connectivity index (χ1n) is 8.82. The third kappa shape index (κ3) is 3.05. The number of aliphatic carboxylic acids is 1. The zero-order valence-electron chi connectivity index (χ0n) is 15.6. The van der Waals surface area contributed by atoms with Crippen molar-refractivity contribution in [1.29, 1.82) is 0 Å². The van der Waals surface area contributed by atoms with Crippen LogP contribution in [0.5, 0.6) is 0 Å². The molecule has 0 bridgehead atoms. The minimum Gasteiger partial charge on any atom is -0.481 e. The second-order valence-electron chi connectivity index (χ2n) is 7.82. The number of hydrogen-bond donors (Lipinski definition) is 2. The first-order chi connectivity index (χ1) is 12.6. The van der Waals surface area contributed by atoms with E-state index < -0.39 is 23.0 Å². The Morgan fingerprint density at radius 2 is 1.93 bits per heavy atom.